The number of carbonyl (C=O) groups excluding carboxylic acids is 2. The zero-order chi connectivity index (χ0) is 23.3. The van der Waals surface area contributed by atoms with Crippen molar-refractivity contribution in [3.8, 4) is 11.1 Å². The minimum absolute atomic E-state index is 0.0218. The molecule has 0 aliphatic heterocycles. The first-order valence-electron chi connectivity index (χ1n) is 10.9. The van der Waals surface area contributed by atoms with E-state index in [9.17, 15) is 19.5 Å². The van der Waals surface area contributed by atoms with E-state index < -0.39 is 29.4 Å². The van der Waals surface area contributed by atoms with Gasteiger partial charge >= 0.3 is 12.1 Å². The Morgan fingerprint density at radius 2 is 1.59 bits per heavy atom. The SMILES string of the molecule is CCCC(NC(=O)C(C)(C)CNC(=O)OCC1c2ccccc2-c2ccccc21)C(=O)O. The lowest BCUT2D eigenvalue weighted by Crippen LogP contribution is -2.50. The van der Waals surface area contributed by atoms with Crippen LogP contribution in [-0.4, -0.2) is 42.3 Å². The van der Waals surface area contributed by atoms with Crippen molar-refractivity contribution in [3.05, 3.63) is 59.7 Å². The largest absolute Gasteiger partial charge is 0.480 e. The lowest BCUT2D eigenvalue weighted by Gasteiger charge is -2.26. The smallest absolute Gasteiger partial charge is 0.407 e. The van der Waals surface area contributed by atoms with Gasteiger partial charge in [-0.05, 0) is 42.5 Å². The molecule has 1 aliphatic carbocycles. The van der Waals surface area contributed by atoms with Gasteiger partial charge in [0.2, 0.25) is 5.91 Å². The number of amides is 2. The van der Waals surface area contributed by atoms with Crippen LogP contribution in [0.1, 0.15) is 50.7 Å². The second-order valence-electron chi connectivity index (χ2n) is 8.72. The number of alkyl carbamates (subject to hydrolysis) is 1. The predicted molar refractivity (Wildman–Crippen MR) is 121 cm³/mol. The maximum Gasteiger partial charge on any atom is 0.407 e. The number of fused-ring (bicyclic) bond motifs is 3. The number of carboxylic acids is 1. The monoisotopic (exact) mass is 438 g/mol. The fraction of sp³-hybridized carbons (Fsp3) is 0.400. The molecular formula is C25H30N2O5. The van der Waals surface area contributed by atoms with Gasteiger partial charge in [-0.1, -0.05) is 61.9 Å². The van der Waals surface area contributed by atoms with Crippen LogP contribution in [0.25, 0.3) is 11.1 Å². The summed E-state index contributed by atoms with van der Waals surface area (Å²) in [6, 6.07) is 15.2. The minimum Gasteiger partial charge on any atom is -0.480 e. The van der Waals surface area contributed by atoms with Crippen molar-refractivity contribution in [1.82, 2.24) is 10.6 Å². The van der Waals surface area contributed by atoms with E-state index in [1.54, 1.807) is 13.8 Å². The van der Waals surface area contributed by atoms with Gasteiger partial charge in [0.25, 0.3) is 0 Å². The van der Waals surface area contributed by atoms with Crippen LogP contribution in [0, 0.1) is 5.41 Å². The predicted octanol–water partition coefficient (Wildman–Crippen LogP) is 3.92. The molecule has 2 aromatic carbocycles. The van der Waals surface area contributed by atoms with E-state index >= 15 is 0 Å². The molecular weight excluding hydrogens is 408 g/mol. The van der Waals surface area contributed by atoms with Crippen LogP contribution in [0.4, 0.5) is 4.79 Å². The van der Waals surface area contributed by atoms with Crippen molar-refractivity contribution in [1.29, 1.82) is 0 Å². The van der Waals surface area contributed by atoms with Crippen molar-refractivity contribution in [3.63, 3.8) is 0 Å². The average molecular weight is 439 g/mol. The Morgan fingerprint density at radius 3 is 2.12 bits per heavy atom. The topological polar surface area (TPSA) is 105 Å². The number of benzene rings is 2. The summed E-state index contributed by atoms with van der Waals surface area (Å²) in [5, 5.41) is 14.4. The zero-order valence-corrected chi connectivity index (χ0v) is 18.7. The lowest BCUT2D eigenvalue weighted by atomic mass is 9.91. The van der Waals surface area contributed by atoms with Crippen LogP contribution in [0.3, 0.4) is 0 Å². The van der Waals surface area contributed by atoms with E-state index in [0.29, 0.717) is 12.8 Å². The minimum atomic E-state index is -1.07. The Balaban J connectivity index is 1.56. The third-order valence-corrected chi connectivity index (χ3v) is 5.81. The van der Waals surface area contributed by atoms with Crippen molar-refractivity contribution in [2.45, 2.75) is 45.6 Å². The quantitative estimate of drug-likeness (QED) is 0.550. The Bertz CT molecular complexity index is 956. The fourth-order valence-corrected chi connectivity index (χ4v) is 3.92. The first kappa shape index (κ1) is 23.3. The molecule has 7 nitrogen and oxygen atoms in total. The second-order valence-corrected chi connectivity index (χ2v) is 8.72. The van der Waals surface area contributed by atoms with Crippen LogP contribution in [0.5, 0.6) is 0 Å². The number of carboxylic acid groups (broad SMARTS) is 1. The Morgan fingerprint density at radius 1 is 1.03 bits per heavy atom. The molecule has 2 aromatic rings. The second kappa shape index (κ2) is 9.85. The van der Waals surface area contributed by atoms with Crippen LogP contribution >= 0.6 is 0 Å². The summed E-state index contributed by atoms with van der Waals surface area (Å²) in [7, 11) is 0. The highest BCUT2D eigenvalue weighted by Gasteiger charge is 2.32. The summed E-state index contributed by atoms with van der Waals surface area (Å²) in [6.45, 7) is 5.36. The molecule has 0 radical (unpaired) electrons. The molecule has 32 heavy (non-hydrogen) atoms. The molecule has 0 saturated carbocycles. The highest BCUT2D eigenvalue weighted by atomic mass is 16.5. The fourth-order valence-electron chi connectivity index (χ4n) is 3.92. The molecule has 3 N–H and O–H groups in total. The lowest BCUT2D eigenvalue weighted by molar-refractivity contribution is -0.143. The summed E-state index contributed by atoms with van der Waals surface area (Å²) in [6.07, 6.45) is 0.364. The molecule has 0 aromatic heterocycles. The van der Waals surface area contributed by atoms with Crippen LogP contribution < -0.4 is 10.6 Å². The number of rotatable bonds is 9. The molecule has 0 spiro atoms. The standard InChI is InChI=1S/C25H30N2O5/c1-4-9-21(22(28)29)27-23(30)25(2,3)15-26-24(31)32-14-20-18-12-7-5-10-16(18)17-11-6-8-13-19(17)20/h5-8,10-13,20-21H,4,9,14-15H2,1-3H3,(H,26,31)(H,27,30)(H,28,29). The number of hydrogen-bond acceptors (Lipinski definition) is 4. The van der Waals surface area contributed by atoms with Gasteiger partial charge in [-0.2, -0.15) is 0 Å². The molecule has 1 atom stereocenters. The molecule has 2 amide bonds. The van der Waals surface area contributed by atoms with E-state index in [0.717, 1.165) is 22.3 Å². The average Bonchev–Trinajstić information content (AvgIpc) is 3.09. The summed E-state index contributed by atoms with van der Waals surface area (Å²) < 4.78 is 5.50. The van der Waals surface area contributed by atoms with Crippen molar-refractivity contribution in [2.75, 3.05) is 13.2 Å². The molecule has 1 unspecified atom stereocenters. The normalized spacial score (nSPS) is 13.6. The van der Waals surface area contributed by atoms with Crippen LogP contribution in [-0.2, 0) is 14.3 Å². The highest BCUT2D eigenvalue weighted by molar-refractivity contribution is 5.87. The van der Waals surface area contributed by atoms with Crippen LogP contribution in [0.15, 0.2) is 48.5 Å². The number of aliphatic carboxylic acids is 1. The third-order valence-electron chi connectivity index (χ3n) is 5.81. The molecule has 170 valence electrons. The van der Waals surface area contributed by atoms with Gasteiger partial charge in [0, 0.05) is 12.5 Å². The molecule has 0 bridgehead atoms. The van der Waals surface area contributed by atoms with Crippen molar-refractivity contribution >= 4 is 18.0 Å². The molecule has 1 aliphatic rings. The first-order chi connectivity index (χ1) is 15.2. The third kappa shape index (κ3) is 5.10. The first-order valence-corrected chi connectivity index (χ1v) is 10.9. The Labute approximate surface area is 188 Å². The maximum atomic E-state index is 12.5. The maximum absolute atomic E-state index is 12.5. The Kier molecular flexibility index (Phi) is 7.18. The van der Waals surface area contributed by atoms with E-state index in [-0.39, 0.29) is 19.1 Å². The number of carbonyl (C=O) groups is 3. The van der Waals surface area contributed by atoms with Gasteiger partial charge in [0.15, 0.2) is 0 Å². The van der Waals surface area contributed by atoms with Gasteiger partial charge in [-0.3, -0.25) is 4.79 Å². The van der Waals surface area contributed by atoms with Crippen molar-refractivity contribution in [2.24, 2.45) is 5.41 Å². The van der Waals surface area contributed by atoms with Gasteiger partial charge in [0.05, 0.1) is 5.41 Å². The summed E-state index contributed by atoms with van der Waals surface area (Å²) in [5.41, 5.74) is 3.55. The van der Waals surface area contributed by atoms with Gasteiger partial charge < -0.3 is 20.5 Å². The molecule has 3 rings (SSSR count). The van der Waals surface area contributed by atoms with Gasteiger partial charge in [0.1, 0.15) is 12.6 Å². The summed E-state index contributed by atoms with van der Waals surface area (Å²) in [4.78, 5) is 36.2. The number of nitrogens with one attached hydrogen (secondary N) is 2. The Hall–Kier alpha value is -3.35. The van der Waals surface area contributed by atoms with E-state index in [1.807, 2.05) is 43.3 Å². The summed E-state index contributed by atoms with van der Waals surface area (Å²) >= 11 is 0. The van der Waals surface area contributed by atoms with Crippen molar-refractivity contribution < 1.29 is 24.2 Å². The van der Waals surface area contributed by atoms with Crippen LogP contribution in [0.2, 0.25) is 0 Å². The number of hydrogen-bond donors (Lipinski definition) is 3. The zero-order valence-electron chi connectivity index (χ0n) is 18.7. The van der Waals surface area contributed by atoms with E-state index in [1.165, 1.54) is 0 Å². The van der Waals surface area contributed by atoms with Gasteiger partial charge in [-0.25, -0.2) is 9.59 Å². The summed E-state index contributed by atoms with van der Waals surface area (Å²) in [5.74, 6) is -1.55. The molecule has 0 fully saturated rings. The van der Waals surface area contributed by atoms with Gasteiger partial charge in [-0.15, -0.1) is 0 Å². The molecule has 0 saturated heterocycles. The number of ether oxygens (including phenoxy) is 1. The highest BCUT2D eigenvalue weighted by Crippen LogP contribution is 2.44. The molecule has 0 heterocycles. The molecule has 7 heteroatoms. The van der Waals surface area contributed by atoms with E-state index in [4.69, 9.17) is 4.74 Å². The van der Waals surface area contributed by atoms with E-state index in [2.05, 4.69) is 22.8 Å².